The minimum atomic E-state index is 0.576. The monoisotopic (exact) mass is 426 g/mol. The van der Waals surface area contributed by atoms with Crippen LogP contribution in [-0.4, -0.2) is 44.5 Å². The second-order valence-corrected chi connectivity index (χ2v) is 8.51. The lowest BCUT2D eigenvalue weighted by molar-refractivity contribution is 0.321. The summed E-state index contributed by atoms with van der Waals surface area (Å²) in [4.78, 5) is 7.42. The summed E-state index contributed by atoms with van der Waals surface area (Å²) in [6.07, 6.45) is 5.81. The van der Waals surface area contributed by atoms with E-state index in [1.807, 2.05) is 47.3 Å². The first-order chi connectivity index (χ1) is 15.8. The van der Waals surface area contributed by atoms with E-state index < -0.39 is 0 Å². The summed E-state index contributed by atoms with van der Waals surface area (Å²) in [5.74, 6) is 0. The first-order valence-electron chi connectivity index (χ1n) is 11.4. The number of aromatic nitrogens is 4. The molecule has 3 aromatic heterocycles. The number of nitrogens with one attached hydrogen (secondary N) is 1. The van der Waals surface area contributed by atoms with E-state index in [1.54, 1.807) is 0 Å². The number of likely N-dealkylation sites (tertiary alicyclic amines) is 1. The highest BCUT2D eigenvalue weighted by atomic mass is 16.3. The van der Waals surface area contributed by atoms with Crippen molar-refractivity contribution >= 4 is 38.7 Å². The van der Waals surface area contributed by atoms with Crippen molar-refractivity contribution in [3.05, 3.63) is 60.4 Å². The molecule has 0 radical (unpaired) electrons. The van der Waals surface area contributed by atoms with Gasteiger partial charge in [0.1, 0.15) is 16.8 Å². The van der Waals surface area contributed by atoms with Crippen LogP contribution in [-0.2, 0) is 13.1 Å². The predicted octanol–water partition coefficient (Wildman–Crippen LogP) is 4.82. The van der Waals surface area contributed by atoms with Crippen molar-refractivity contribution < 1.29 is 4.42 Å². The second-order valence-electron chi connectivity index (χ2n) is 8.51. The van der Waals surface area contributed by atoms with Gasteiger partial charge in [-0.3, -0.25) is 4.68 Å². The minimum absolute atomic E-state index is 0.576. The van der Waals surface area contributed by atoms with E-state index in [2.05, 4.69) is 32.7 Å². The molecule has 4 heterocycles. The zero-order valence-electron chi connectivity index (χ0n) is 18.0. The van der Waals surface area contributed by atoms with Gasteiger partial charge in [0.25, 0.3) is 0 Å². The van der Waals surface area contributed by atoms with Crippen LogP contribution in [0.2, 0.25) is 0 Å². The van der Waals surface area contributed by atoms with Crippen molar-refractivity contribution in [1.82, 2.24) is 24.9 Å². The highest BCUT2D eigenvalue weighted by Gasteiger charge is 2.16. The molecule has 0 saturated carbocycles. The summed E-state index contributed by atoms with van der Waals surface area (Å²) in [7, 11) is 0. The highest BCUT2D eigenvalue weighted by Crippen LogP contribution is 2.36. The Bertz CT molecular complexity index is 1380. The quantitative estimate of drug-likeness (QED) is 0.402. The van der Waals surface area contributed by atoms with Gasteiger partial charge >= 0.3 is 0 Å². The zero-order chi connectivity index (χ0) is 21.3. The maximum Gasteiger partial charge on any atom is 0.177 e. The molecule has 1 aliphatic rings. The molecule has 5 aromatic rings. The van der Waals surface area contributed by atoms with Crippen LogP contribution < -0.4 is 5.32 Å². The number of furan rings is 1. The summed E-state index contributed by atoms with van der Waals surface area (Å²) >= 11 is 0. The average Bonchev–Trinajstić information content (AvgIpc) is 3.57. The topological polar surface area (TPSA) is 72.0 Å². The summed E-state index contributed by atoms with van der Waals surface area (Å²) in [5, 5.41) is 14.3. The normalized spacial score (nSPS) is 14.8. The number of rotatable bonds is 7. The number of benzene rings is 2. The third kappa shape index (κ3) is 3.58. The average molecular weight is 427 g/mol. The number of aryl methyl sites for hydroxylation is 1. The molecule has 1 saturated heterocycles. The molecule has 0 atom stereocenters. The van der Waals surface area contributed by atoms with E-state index >= 15 is 0 Å². The van der Waals surface area contributed by atoms with E-state index in [1.165, 1.54) is 25.9 Å². The smallest absolute Gasteiger partial charge is 0.177 e. The van der Waals surface area contributed by atoms with Crippen LogP contribution in [0.25, 0.3) is 33.0 Å². The molecule has 0 unspecified atom stereocenters. The SMILES string of the molecule is c1ccc2c(NCc3cn(CCCN4CCCC4)nn3)c3oc4ccccc4c3nc2c1. The summed E-state index contributed by atoms with van der Waals surface area (Å²) in [6, 6.07) is 16.2. The largest absolute Gasteiger partial charge is 0.452 e. The first kappa shape index (κ1) is 19.3. The number of hydrogen-bond donors (Lipinski definition) is 1. The molecule has 1 N–H and O–H groups in total. The van der Waals surface area contributed by atoms with Crippen LogP contribution in [0.4, 0.5) is 5.69 Å². The third-order valence-electron chi connectivity index (χ3n) is 6.29. The van der Waals surface area contributed by atoms with Gasteiger partial charge in [-0.15, -0.1) is 5.10 Å². The van der Waals surface area contributed by atoms with Crippen LogP contribution in [0.3, 0.4) is 0 Å². The summed E-state index contributed by atoms with van der Waals surface area (Å²) in [6.45, 7) is 5.09. The van der Waals surface area contributed by atoms with Gasteiger partial charge in [0, 0.05) is 17.3 Å². The van der Waals surface area contributed by atoms with Crippen LogP contribution in [0.15, 0.2) is 59.1 Å². The van der Waals surface area contributed by atoms with Gasteiger partial charge in [-0.1, -0.05) is 35.5 Å². The summed E-state index contributed by atoms with van der Waals surface area (Å²) < 4.78 is 8.17. The molecule has 0 aliphatic carbocycles. The molecule has 1 fully saturated rings. The van der Waals surface area contributed by atoms with Gasteiger partial charge < -0.3 is 14.6 Å². The first-order valence-corrected chi connectivity index (χ1v) is 11.4. The number of fused-ring (bicyclic) bond motifs is 4. The number of para-hydroxylation sites is 2. The lowest BCUT2D eigenvalue weighted by Gasteiger charge is -2.13. The van der Waals surface area contributed by atoms with Gasteiger partial charge in [-0.2, -0.15) is 0 Å². The standard InChI is InChI=1S/C25H26N6O/c1-3-10-21-19(8-1)23(25-24(27-21)20-9-2-4-11-22(20)32-25)26-16-18-17-31(29-28-18)15-7-14-30-12-5-6-13-30/h1-4,8-11,17H,5-7,12-16H2,(H,26,27). The van der Waals surface area contributed by atoms with Crippen molar-refractivity contribution in [3.63, 3.8) is 0 Å². The van der Waals surface area contributed by atoms with Gasteiger partial charge in [-0.25, -0.2) is 4.98 Å². The van der Waals surface area contributed by atoms with Gasteiger partial charge in [0.15, 0.2) is 5.58 Å². The van der Waals surface area contributed by atoms with Crippen molar-refractivity contribution in [3.8, 4) is 0 Å². The predicted molar refractivity (Wildman–Crippen MR) is 127 cm³/mol. The van der Waals surface area contributed by atoms with E-state index in [4.69, 9.17) is 9.40 Å². The zero-order valence-corrected chi connectivity index (χ0v) is 18.0. The lowest BCUT2D eigenvalue weighted by Crippen LogP contribution is -2.21. The fraction of sp³-hybridized carbons (Fsp3) is 0.320. The molecule has 6 rings (SSSR count). The summed E-state index contributed by atoms with van der Waals surface area (Å²) in [5.41, 5.74) is 5.31. The van der Waals surface area contributed by atoms with E-state index in [9.17, 15) is 0 Å². The Hall–Kier alpha value is -3.45. The van der Waals surface area contributed by atoms with Crippen LogP contribution in [0.1, 0.15) is 25.0 Å². The molecule has 7 heteroatoms. The Morgan fingerprint density at radius 3 is 2.66 bits per heavy atom. The number of hydrogen-bond acceptors (Lipinski definition) is 6. The van der Waals surface area contributed by atoms with E-state index in [-0.39, 0.29) is 0 Å². The van der Waals surface area contributed by atoms with Crippen LogP contribution >= 0.6 is 0 Å². The molecule has 1 aliphatic heterocycles. The Morgan fingerprint density at radius 2 is 1.75 bits per heavy atom. The molecule has 0 amide bonds. The van der Waals surface area contributed by atoms with E-state index in [0.717, 1.165) is 63.9 Å². The number of nitrogens with zero attached hydrogens (tertiary/aromatic N) is 5. The molecular weight excluding hydrogens is 400 g/mol. The van der Waals surface area contributed by atoms with E-state index in [0.29, 0.717) is 6.54 Å². The molecule has 0 spiro atoms. The highest BCUT2D eigenvalue weighted by molar-refractivity contribution is 6.13. The third-order valence-corrected chi connectivity index (χ3v) is 6.29. The fourth-order valence-electron chi connectivity index (χ4n) is 4.68. The molecule has 2 aromatic carbocycles. The van der Waals surface area contributed by atoms with Crippen molar-refractivity contribution in [2.24, 2.45) is 0 Å². The Labute approximate surface area is 186 Å². The molecule has 32 heavy (non-hydrogen) atoms. The number of anilines is 1. The van der Waals surface area contributed by atoms with Crippen molar-refractivity contribution in [2.75, 3.05) is 25.0 Å². The lowest BCUT2D eigenvalue weighted by atomic mass is 10.1. The van der Waals surface area contributed by atoms with Crippen molar-refractivity contribution in [2.45, 2.75) is 32.4 Å². The Morgan fingerprint density at radius 1 is 0.938 bits per heavy atom. The van der Waals surface area contributed by atoms with Gasteiger partial charge in [0.05, 0.1) is 23.9 Å². The molecule has 7 nitrogen and oxygen atoms in total. The van der Waals surface area contributed by atoms with Gasteiger partial charge in [0.2, 0.25) is 0 Å². The van der Waals surface area contributed by atoms with Crippen molar-refractivity contribution in [1.29, 1.82) is 0 Å². The Balaban J connectivity index is 1.24. The molecular formula is C25H26N6O. The second kappa shape index (κ2) is 8.24. The molecule has 0 bridgehead atoms. The Kier molecular flexibility index (Phi) is 4.96. The number of pyridine rings is 1. The van der Waals surface area contributed by atoms with Crippen LogP contribution in [0.5, 0.6) is 0 Å². The maximum atomic E-state index is 6.22. The fourth-order valence-corrected chi connectivity index (χ4v) is 4.68. The molecule has 162 valence electrons. The van der Waals surface area contributed by atoms with Crippen LogP contribution in [0, 0.1) is 0 Å². The maximum absolute atomic E-state index is 6.22. The minimum Gasteiger partial charge on any atom is -0.452 e. The van der Waals surface area contributed by atoms with Gasteiger partial charge in [-0.05, 0) is 57.1 Å².